The summed E-state index contributed by atoms with van der Waals surface area (Å²) in [4.78, 5) is 11.5. The van der Waals surface area contributed by atoms with Gasteiger partial charge in [-0.1, -0.05) is 11.6 Å². The van der Waals surface area contributed by atoms with E-state index in [1.54, 1.807) is 18.2 Å². The molecule has 82 valence electrons. The van der Waals surface area contributed by atoms with Gasteiger partial charge in [-0.15, -0.1) is 0 Å². The van der Waals surface area contributed by atoms with E-state index >= 15 is 0 Å². The van der Waals surface area contributed by atoms with Gasteiger partial charge in [0.25, 0.3) is 0 Å². The lowest BCUT2D eigenvalue weighted by atomic mass is 10.3. The van der Waals surface area contributed by atoms with Crippen molar-refractivity contribution in [3.63, 3.8) is 0 Å². The summed E-state index contributed by atoms with van der Waals surface area (Å²) in [6.45, 7) is 0.472. The maximum absolute atomic E-state index is 11.5. The second-order valence-electron chi connectivity index (χ2n) is 3.39. The predicted octanol–water partition coefficient (Wildman–Crippen LogP) is 2.55. The van der Waals surface area contributed by atoms with Gasteiger partial charge in [-0.25, -0.2) is 4.79 Å². The minimum atomic E-state index is -0.407. The molecule has 0 N–H and O–H groups in total. The molecule has 2 rings (SSSR count). The average molecular weight is 237 g/mol. The first-order chi connectivity index (χ1) is 7.72. The zero-order valence-corrected chi connectivity index (χ0v) is 9.20. The molecule has 1 heterocycles. The van der Waals surface area contributed by atoms with E-state index in [-0.39, 0.29) is 0 Å². The van der Waals surface area contributed by atoms with Crippen LogP contribution in [0.15, 0.2) is 27.4 Å². The Bertz CT molecular complexity index is 606. The largest absolute Gasteiger partial charge is 0.419 e. The number of rotatable bonds is 3. The molecule has 0 fully saturated rings. The van der Waals surface area contributed by atoms with E-state index in [0.29, 0.717) is 35.5 Å². The van der Waals surface area contributed by atoms with E-state index in [1.807, 2.05) is 6.07 Å². The number of hydrogen-bond acceptors (Lipinski definition) is 3. The summed E-state index contributed by atoms with van der Waals surface area (Å²) in [5.41, 5.74) is 1.20. The van der Waals surface area contributed by atoms with Gasteiger partial charge in [0, 0.05) is 18.0 Å². The Kier molecular flexibility index (Phi) is 2.97. The molecule has 0 amide bonds. The number of aromatic nitrogens is 1. The summed E-state index contributed by atoms with van der Waals surface area (Å²) < 4.78 is 6.55. The fourth-order valence-corrected chi connectivity index (χ4v) is 1.73. The lowest BCUT2D eigenvalue weighted by Gasteiger charge is -1.99. The number of aryl methyl sites for hydroxylation is 1. The third-order valence-electron chi connectivity index (χ3n) is 2.30. The highest BCUT2D eigenvalue weighted by molar-refractivity contribution is 6.31. The minimum absolute atomic E-state index is 0.407. The van der Waals surface area contributed by atoms with Crippen LogP contribution in [0.3, 0.4) is 0 Å². The van der Waals surface area contributed by atoms with Gasteiger partial charge in [-0.05, 0) is 24.6 Å². The van der Waals surface area contributed by atoms with Gasteiger partial charge in [0.2, 0.25) is 0 Å². The normalized spacial score (nSPS) is 10.5. The van der Waals surface area contributed by atoms with Crippen molar-refractivity contribution in [1.29, 1.82) is 5.26 Å². The van der Waals surface area contributed by atoms with E-state index in [9.17, 15) is 4.79 Å². The van der Waals surface area contributed by atoms with E-state index in [1.165, 1.54) is 4.57 Å². The second kappa shape index (κ2) is 4.42. The van der Waals surface area contributed by atoms with Crippen molar-refractivity contribution in [2.45, 2.75) is 19.4 Å². The Balaban J connectivity index is 2.43. The second-order valence-corrected chi connectivity index (χ2v) is 3.83. The van der Waals surface area contributed by atoms with E-state index in [4.69, 9.17) is 21.3 Å². The lowest BCUT2D eigenvalue weighted by molar-refractivity contribution is 0.499. The first-order valence-corrected chi connectivity index (χ1v) is 5.26. The van der Waals surface area contributed by atoms with Gasteiger partial charge in [0.15, 0.2) is 5.58 Å². The summed E-state index contributed by atoms with van der Waals surface area (Å²) in [6, 6.07) is 7.07. The van der Waals surface area contributed by atoms with E-state index in [2.05, 4.69) is 0 Å². The molecule has 4 nitrogen and oxygen atoms in total. The van der Waals surface area contributed by atoms with Crippen LogP contribution in [-0.4, -0.2) is 4.57 Å². The molecule has 0 saturated carbocycles. The van der Waals surface area contributed by atoms with Crippen LogP contribution in [0.25, 0.3) is 11.1 Å². The first-order valence-electron chi connectivity index (χ1n) is 4.88. The van der Waals surface area contributed by atoms with Gasteiger partial charge in [-0.2, -0.15) is 5.26 Å². The highest BCUT2D eigenvalue weighted by atomic mass is 35.5. The van der Waals surface area contributed by atoms with Crippen LogP contribution in [0.1, 0.15) is 12.8 Å². The molecular weight excluding hydrogens is 228 g/mol. The fraction of sp³-hybridized carbons (Fsp3) is 0.273. The number of hydrogen-bond donors (Lipinski definition) is 0. The molecule has 0 aliphatic heterocycles. The molecular formula is C11H9ClN2O2. The Labute approximate surface area is 96.7 Å². The van der Waals surface area contributed by atoms with Crippen molar-refractivity contribution in [2.24, 2.45) is 0 Å². The number of halogens is 1. The zero-order chi connectivity index (χ0) is 11.5. The van der Waals surface area contributed by atoms with Crippen LogP contribution in [0, 0.1) is 11.3 Å². The summed E-state index contributed by atoms with van der Waals surface area (Å²) in [7, 11) is 0. The molecule has 1 aromatic heterocycles. The van der Waals surface area contributed by atoms with Gasteiger partial charge in [-0.3, -0.25) is 4.57 Å². The molecule has 0 bridgehead atoms. The number of benzene rings is 1. The predicted molar refractivity (Wildman–Crippen MR) is 60.3 cm³/mol. The molecule has 16 heavy (non-hydrogen) atoms. The van der Waals surface area contributed by atoms with Gasteiger partial charge in [0.1, 0.15) is 0 Å². The molecule has 5 heteroatoms. The molecule has 0 radical (unpaired) electrons. The standard InChI is InChI=1S/C11H9ClN2O2/c12-8-3-4-10-9(7-8)14(11(15)16-10)6-2-1-5-13/h3-4,7H,1-2,6H2. The van der Waals surface area contributed by atoms with Gasteiger partial charge >= 0.3 is 5.76 Å². The Hall–Kier alpha value is -1.73. The van der Waals surface area contributed by atoms with Gasteiger partial charge < -0.3 is 4.42 Å². The van der Waals surface area contributed by atoms with Crippen LogP contribution in [0.4, 0.5) is 0 Å². The molecule has 0 aliphatic rings. The molecule has 0 saturated heterocycles. The molecule has 0 atom stereocenters. The quantitative estimate of drug-likeness (QED) is 0.770. The Morgan fingerprint density at radius 2 is 2.31 bits per heavy atom. The van der Waals surface area contributed by atoms with E-state index in [0.717, 1.165) is 0 Å². The smallest absolute Gasteiger partial charge is 0.408 e. The average Bonchev–Trinajstić information content (AvgIpc) is 2.56. The van der Waals surface area contributed by atoms with Crippen LogP contribution in [-0.2, 0) is 6.54 Å². The maximum Gasteiger partial charge on any atom is 0.419 e. The highest BCUT2D eigenvalue weighted by Crippen LogP contribution is 2.18. The van der Waals surface area contributed by atoms with Crippen molar-refractivity contribution >= 4 is 22.7 Å². The summed E-state index contributed by atoms with van der Waals surface area (Å²) in [6.07, 6.45) is 1.04. The number of fused-ring (bicyclic) bond motifs is 1. The lowest BCUT2D eigenvalue weighted by Crippen LogP contribution is -2.13. The van der Waals surface area contributed by atoms with Crippen molar-refractivity contribution in [2.75, 3.05) is 0 Å². The Morgan fingerprint density at radius 1 is 1.50 bits per heavy atom. The van der Waals surface area contributed by atoms with Gasteiger partial charge in [0.05, 0.1) is 11.6 Å². The highest BCUT2D eigenvalue weighted by Gasteiger charge is 2.08. The van der Waals surface area contributed by atoms with E-state index < -0.39 is 5.76 Å². The molecule has 2 aromatic rings. The summed E-state index contributed by atoms with van der Waals surface area (Å²) >= 11 is 5.85. The maximum atomic E-state index is 11.5. The van der Waals surface area contributed by atoms with Crippen LogP contribution in [0.5, 0.6) is 0 Å². The molecule has 1 aromatic carbocycles. The van der Waals surface area contributed by atoms with Crippen molar-refractivity contribution < 1.29 is 4.42 Å². The SMILES string of the molecule is N#CCCCn1c(=O)oc2ccc(Cl)cc21. The Morgan fingerprint density at radius 3 is 3.06 bits per heavy atom. The number of nitriles is 1. The summed E-state index contributed by atoms with van der Waals surface area (Å²) in [5.74, 6) is -0.407. The third-order valence-corrected chi connectivity index (χ3v) is 2.53. The van der Waals surface area contributed by atoms with Crippen molar-refractivity contribution in [3.05, 3.63) is 33.8 Å². The minimum Gasteiger partial charge on any atom is -0.408 e. The number of nitrogens with zero attached hydrogens (tertiary/aromatic N) is 2. The van der Waals surface area contributed by atoms with Crippen LogP contribution < -0.4 is 5.76 Å². The van der Waals surface area contributed by atoms with Crippen molar-refractivity contribution in [1.82, 2.24) is 4.57 Å². The molecule has 0 aliphatic carbocycles. The number of oxazole rings is 1. The van der Waals surface area contributed by atoms with Crippen LogP contribution >= 0.6 is 11.6 Å². The topological polar surface area (TPSA) is 58.9 Å². The first kappa shape index (κ1) is 10.8. The zero-order valence-electron chi connectivity index (χ0n) is 8.44. The fourth-order valence-electron chi connectivity index (χ4n) is 1.56. The number of unbranched alkanes of at least 4 members (excludes halogenated alkanes) is 1. The molecule has 0 unspecified atom stereocenters. The third kappa shape index (κ3) is 1.95. The molecule has 0 spiro atoms. The summed E-state index contributed by atoms with van der Waals surface area (Å²) in [5, 5.41) is 9.00. The van der Waals surface area contributed by atoms with Crippen LogP contribution in [0.2, 0.25) is 5.02 Å². The monoisotopic (exact) mass is 236 g/mol. The van der Waals surface area contributed by atoms with Crippen molar-refractivity contribution in [3.8, 4) is 6.07 Å².